The molecule has 6 heteroatoms. The van der Waals surface area contributed by atoms with Gasteiger partial charge in [0.2, 0.25) is 5.91 Å². The Morgan fingerprint density at radius 3 is 2.19 bits per heavy atom. The zero-order valence-electron chi connectivity index (χ0n) is 10.9. The number of para-hydroxylation sites is 1. The van der Waals surface area contributed by atoms with Crippen LogP contribution in [-0.2, 0) is 11.2 Å². The van der Waals surface area contributed by atoms with Crippen molar-refractivity contribution in [1.82, 2.24) is 0 Å². The van der Waals surface area contributed by atoms with Crippen molar-refractivity contribution in [2.45, 2.75) is 6.42 Å². The number of rotatable bonds is 4. The summed E-state index contributed by atoms with van der Waals surface area (Å²) in [5.41, 5.74) is 7.96. The molecule has 3 N–H and O–H groups in total. The minimum atomic E-state index is -0.0920. The van der Waals surface area contributed by atoms with E-state index in [2.05, 4.69) is 37.2 Å². The molecule has 108 valence electrons. The molecule has 1 amide bonds. The number of hydrogen-bond acceptors (Lipinski definition) is 2. The van der Waals surface area contributed by atoms with E-state index in [0.29, 0.717) is 4.99 Å². The van der Waals surface area contributed by atoms with Crippen molar-refractivity contribution in [3.63, 3.8) is 0 Å². The molecule has 0 radical (unpaired) electrons. The van der Waals surface area contributed by atoms with Crippen LogP contribution in [0.25, 0.3) is 0 Å². The van der Waals surface area contributed by atoms with E-state index >= 15 is 0 Å². The smallest absolute Gasteiger partial charge is 0.228 e. The maximum Gasteiger partial charge on any atom is 0.228 e. The highest BCUT2D eigenvalue weighted by Crippen LogP contribution is 2.30. The van der Waals surface area contributed by atoms with E-state index in [9.17, 15) is 4.79 Å². The number of halogens is 2. The molecule has 2 aromatic rings. The van der Waals surface area contributed by atoms with Gasteiger partial charge in [0.05, 0.1) is 12.1 Å². The third-order valence-electron chi connectivity index (χ3n) is 2.83. The summed E-state index contributed by atoms with van der Waals surface area (Å²) < 4.78 is 1.66. The van der Waals surface area contributed by atoms with Gasteiger partial charge >= 0.3 is 0 Å². The molecular formula is C15H12Br2N2OS. The Kier molecular flexibility index (Phi) is 5.50. The normalized spacial score (nSPS) is 10.2. The molecule has 0 spiro atoms. The van der Waals surface area contributed by atoms with Crippen LogP contribution in [0.1, 0.15) is 11.1 Å². The first kappa shape index (κ1) is 16.1. The number of anilines is 1. The fourth-order valence-electron chi connectivity index (χ4n) is 1.77. The number of carbonyl (C=O) groups is 1. The maximum absolute atomic E-state index is 12.1. The minimum Gasteiger partial charge on any atom is -0.389 e. The Morgan fingerprint density at radius 1 is 1.10 bits per heavy atom. The molecule has 0 aliphatic heterocycles. The average Bonchev–Trinajstić information content (AvgIpc) is 2.43. The number of nitrogens with one attached hydrogen (secondary N) is 1. The number of nitrogens with two attached hydrogens (primary N) is 1. The van der Waals surface area contributed by atoms with Gasteiger partial charge in [-0.3, -0.25) is 4.79 Å². The molecule has 3 nitrogen and oxygen atoms in total. The first-order valence-electron chi connectivity index (χ1n) is 6.10. The first-order valence-corrected chi connectivity index (χ1v) is 8.09. The molecule has 21 heavy (non-hydrogen) atoms. The van der Waals surface area contributed by atoms with Crippen LogP contribution in [-0.4, -0.2) is 10.9 Å². The van der Waals surface area contributed by atoms with Crippen LogP contribution in [0.15, 0.2) is 51.4 Å². The predicted octanol–water partition coefficient (Wildman–Crippen LogP) is 4.03. The van der Waals surface area contributed by atoms with E-state index in [1.54, 1.807) is 0 Å². The molecule has 0 unspecified atom stereocenters. The number of amides is 1. The van der Waals surface area contributed by atoms with Crippen LogP contribution in [0, 0.1) is 0 Å². The topological polar surface area (TPSA) is 55.1 Å². The van der Waals surface area contributed by atoms with Crippen molar-refractivity contribution in [3.05, 3.63) is 62.5 Å². The van der Waals surface area contributed by atoms with Gasteiger partial charge < -0.3 is 11.1 Å². The molecular weight excluding hydrogens is 416 g/mol. The first-order chi connectivity index (χ1) is 9.97. The lowest BCUT2D eigenvalue weighted by atomic mass is 10.1. The third kappa shape index (κ3) is 4.36. The summed E-state index contributed by atoms with van der Waals surface area (Å²) in [7, 11) is 0. The van der Waals surface area contributed by atoms with Gasteiger partial charge in [-0.15, -0.1) is 0 Å². The van der Waals surface area contributed by atoms with Crippen LogP contribution in [0.3, 0.4) is 0 Å². The van der Waals surface area contributed by atoms with Gasteiger partial charge in [0, 0.05) is 14.5 Å². The quantitative estimate of drug-likeness (QED) is 0.724. The lowest BCUT2D eigenvalue weighted by molar-refractivity contribution is -0.115. The molecule has 0 heterocycles. The second kappa shape index (κ2) is 7.15. The van der Waals surface area contributed by atoms with Gasteiger partial charge in [0.25, 0.3) is 0 Å². The Bertz CT molecular complexity index is 666. The van der Waals surface area contributed by atoms with Crippen LogP contribution in [0.2, 0.25) is 0 Å². The summed E-state index contributed by atoms with van der Waals surface area (Å²) in [6.07, 6.45) is 0.283. The molecule has 2 rings (SSSR count). The summed E-state index contributed by atoms with van der Waals surface area (Å²) in [5, 5.41) is 2.88. The van der Waals surface area contributed by atoms with Crippen molar-refractivity contribution >= 4 is 60.7 Å². The minimum absolute atomic E-state index is 0.0920. The maximum atomic E-state index is 12.1. The third-order valence-corrected chi connectivity index (χ3v) is 4.39. The molecule has 0 fully saturated rings. The van der Waals surface area contributed by atoms with Gasteiger partial charge in [-0.1, -0.05) is 42.5 Å². The van der Waals surface area contributed by atoms with Crippen molar-refractivity contribution < 1.29 is 4.79 Å². The van der Waals surface area contributed by atoms with Crippen LogP contribution < -0.4 is 11.1 Å². The van der Waals surface area contributed by atoms with E-state index in [1.165, 1.54) is 0 Å². The Balaban J connectivity index is 2.06. The molecule has 0 aliphatic rings. The van der Waals surface area contributed by atoms with Gasteiger partial charge in [0.1, 0.15) is 4.99 Å². The van der Waals surface area contributed by atoms with E-state index < -0.39 is 0 Å². The molecule has 0 saturated carbocycles. The van der Waals surface area contributed by atoms with Gasteiger partial charge in [-0.25, -0.2) is 0 Å². The number of carbonyl (C=O) groups excluding carboxylic acids is 1. The lowest BCUT2D eigenvalue weighted by Gasteiger charge is -2.09. The van der Waals surface area contributed by atoms with E-state index in [1.807, 2.05) is 42.5 Å². The second-order valence-corrected chi connectivity index (χ2v) is 6.53. The lowest BCUT2D eigenvalue weighted by Crippen LogP contribution is -2.15. The van der Waals surface area contributed by atoms with Gasteiger partial charge in [-0.2, -0.15) is 0 Å². The summed E-state index contributed by atoms with van der Waals surface area (Å²) in [5.74, 6) is -0.0920. The van der Waals surface area contributed by atoms with Crippen molar-refractivity contribution in [3.8, 4) is 0 Å². The van der Waals surface area contributed by atoms with Crippen molar-refractivity contribution in [1.29, 1.82) is 0 Å². The molecule has 0 saturated heterocycles. The summed E-state index contributed by atoms with van der Waals surface area (Å²) in [4.78, 5) is 12.5. The van der Waals surface area contributed by atoms with E-state index in [4.69, 9.17) is 18.0 Å². The monoisotopic (exact) mass is 426 g/mol. The Hall–Kier alpha value is -1.24. The predicted molar refractivity (Wildman–Crippen MR) is 96.5 cm³/mol. The Morgan fingerprint density at radius 2 is 1.67 bits per heavy atom. The molecule has 0 atom stereocenters. The molecule has 0 aliphatic carbocycles. The Labute approximate surface area is 145 Å². The number of thiocarbonyl (C=S) groups is 1. The number of hydrogen-bond donors (Lipinski definition) is 2. The highest BCUT2D eigenvalue weighted by atomic mass is 79.9. The van der Waals surface area contributed by atoms with Gasteiger partial charge in [-0.05, 0) is 49.6 Å². The zero-order chi connectivity index (χ0) is 15.4. The van der Waals surface area contributed by atoms with Crippen molar-refractivity contribution in [2.75, 3.05) is 5.32 Å². The summed E-state index contributed by atoms with van der Waals surface area (Å²) in [6, 6.07) is 13.0. The zero-order valence-corrected chi connectivity index (χ0v) is 14.9. The largest absolute Gasteiger partial charge is 0.389 e. The van der Waals surface area contributed by atoms with Crippen LogP contribution in [0.4, 0.5) is 5.69 Å². The second-order valence-electron chi connectivity index (χ2n) is 4.38. The van der Waals surface area contributed by atoms with Crippen molar-refractivity contribution in [2.24, 2.45) is 5.73 Å². The number of benzene rings is 2. The molecule has 0 bridgehead atoms. The van der Waals surface area contributed by atoms with E-state index in [0.717, 1.165) is 25.8 Å². The fourth-order valence-corrected chi connectivity index (χ4v) is 3.11. The van der Waals surface area contributed by atoms with Crippen LogP contribution >= 0.6 is 44.1 Å². The van der Waals surface area contributed by atoms with E-state index in [-0.39, 0.29) is 12.3 Å². The molecule has 2 aromatic carbocycles. The highest BCUT2D eigenvalue weighted by Gasteiger charge is 2.09. The summed E-state index contributed by atoms with van der Waals surface area (Å²) >= 11 is 11.7. The SMILES string of the molecule is NC(=S)c1ccc(CC(=O)Nc2c(Br)cccc2Br)cc1. The van der Waals surface area contributed by atoms with Crippen LogP contribution in [0.5, 0.6) is 0 Å². The fraction of sp³-hybridized carbons (Fsp3) is 0.0667. The average molecular weight is 428 g/mol. The summed E-state index contributed by atoms with van der Waals surface area (Å²) in [6.45, 7) is 0. The standard InChI is InChI=1S/C15H12Br2N2OS/c16-11-2-1-3-12(17)14(11)19-13(20)8-9-4-6-10(7-5-9)15(18)21/h1-7H,8H2,(H2,18,21)(H,19,20). The molecule has 0 aromatic heterocycles. The van der Waals surface area contributed by atoms with Gasteiger partial charge in [0.15, 0.2) is 0 Å². The highest BCUT2D eigenvalue weighted by molar-refractivity contribution is 9.11.